The molecule has 24 heavy (non-hydrogen) atoms. The van der Waals surface area contributed by atoms with Gasteiger partial charge in [0.05, 0.1) is 10.8 Å². The Labute approximate surface area is 145 Å². The molecular weight excluding hydrogens is 324 g/mol. The van der Waals surface area contributed by atoms with Crippen LogP contribution in [0.2, 0.25) is 0 Å². The molecule has 1 unspecified atom stereocenters. The minimum absolute atomic E-state index is 0.538. The molecule has 0 radical (unpaired) electrons. The smallest absolute Gasteiger partial charge is 0.191 e. The number of hydrogen-bond donors (Lipinski definition) is 2. The maximum absolute atomic E-state index is 12.1. The van der Waals surface area contributed by atoms with Gasteiger partial charge in [-0.25, -0.2) is 0 Å². The van der Waals surface area contributed by atoms with Gasteiger partial charge in [0.15, 0.2) is 5.96 Å². The molecule has 8 heteroatoms. The molecule has 0 aliphatic heterocycles. The number of rotatable bonds is 8. The SMILES string of the molecule is CCc1nncn1CCNC(=NC)NCCS(=O)c1ccccc1. The van der Waals surface area contributed by atoms with Crippen molar-refractivity contribution >= 4 is 16.8 Å². The van der Waals surface area contributed by atoms with E-state index in [0.717, 1.165) is 23.7 Å². The molecule has 1 aromatic carbocycles. The molecule has 1 atom stereocenters. The van der Waals surface area contributed by atoms with E-state index in [2.05, 4.69) is 32.7 Å². The van der Waals surface area contributed by atoms with Crippen molar-refractivity contribution in [2.75, 3.05) is 25.9 Å². The Bertz CT molecular complexity index is 670. The Hall–Kier alpha value is -2.22. The molecule has 7 nitrogen and oxygen atoms in total. The topological polar surface area (TPSA) is 84.2 Å². The van der Waals surface area contributed by atoms with Crippen molar-refractivity contribution in [2.24, 2.45) is 4.99 Å². The zero-order valence-electron chi connectivity index (χ0n) is 14.1. The van der Waals surface area contributed by atoms with Crippen LogP contribution in [0.3, 0.4) is 0 Å². The average molecular weight is 348 g/mol. The third kappa shape index (κ3) is 5.45. The first-order chi connectivity index (χ1) is 11.7. The summed E-state index contributed by atoms with van der Waals surface area (Å²) in [5, 5.41) is 14.4. The molecular formula is C16H24N6OS. The second-order valence-corrected chi connectivity index (χ2v) is 6.65. The number of nitrogens with one attached hydrogen (secondary N) is 2. The number of aryl methyl sites for hydroxylation is 1. The lowest BCUT2D eigenvalue weighted by atomic mass is 10.4. The minimum Gasteiger partial charge on any atom is -0.355 e. The lowest BCUT2D eigenvalue weighted by Gasteiger charge is -2.12. The highest BCUT2D eigenvalue weighted by molar-refractivity contribution is 7.85. The number of aromatic nitrogens is 3. The Morgan fingerprint density at radius 1 is 1.25 bits per heavy atom. The fourth-order valence-electron chi connectivity index (χ4n) is 2.21. The third-order valence-corrected chi connectivity index (χ3v) is 4.84. The summed E-state index contributed by atoms with van der Waals surface area (Å²) in [5.74, 6) is 2.21. The van der Waals surface area contributed by atoms with Crippen molar-refractivity contribution < 1.29 is 4.21 Å². The van der Waals surface area contributed by atoms with Gasteiger partial charge in [0.2, 0.25) is 0 Å². The second-order valence-electron chi connectivity index (χ2n) is 5.08. The quantitative estimate of drug-likeness (QED) is 0.545. The summed E-state index contributed by atoms with van der Waals surface area (Å²) < 4.78 is 14.2. The van der Waals surface area contributed by atoms with Gasteiger partial charge in [-0.05, 0) is 12.1 Å². The summed E-state index contributed by atoms with van der Waals surface area (Å²) >= 11 is 0. The maximum atomic E-state index is 12.1. The van der Waals surface area contributed by atoms with Gasteiger partial charge >= 0.3 is 0 Å². The van der Waals surface area contributed by atoms with Crippen molar-refractivity contribution in [2.45, 2.75) is 24.8 Å². The van der Waals surface area contributed by atoms with E-state index in [1.165, 1.54) is 0 Å². The van der Waals surface area contributed by atoms with E-state index in [-0.39, 0.29) is 0 Å². The number of guanidine groups is 1. The Morgan fingerprint density at radius 2 is 2.00 bits per heavy atom. The zero-order chi connectivity index (χ0) is 17.2. The lowest BCUT2D eigenvalue weighted by molar-refractivity contribution is 0.633. The van der Waals surface area contributed by atoms with Gasteiger partial charge in [-0.2, -0.15) is 0 Å². The normalized spacial score (nSPS) is 12.8. The fourth-order valence-corrected chi connectivity index (χ4v) is 3.19. The molecule has 0 amide bonds. The monoisotopic (exact) mass is 348 g/mol. The molecule has 0 fully saturated rings. The average Bonchev–Trinajstić information content (AvgIpc) is 3.08. The molecule has 0 aliphatic rings. The maximum Gasteiger partial charge on any atom is 0.191 e. The van der Waals surface area contributed by atoms with Gasteiger partial charge < -0.3 is 15.2 Å². The molecule has 2 aromatic rings. The van der Waals surface area contributed by atoms with Crippen molar-refractivity contribution in [3.8, 4) is 0 Å². The Kier molecular flexibility index (Phi) is 7.41. The number of nitrogens with zero attached hydrogens (tertiary/aromatic N) is 4. The van der Waals surface area contributed by atoms with Crippen molar-refractivity contribution in [1.82, 2.24) is 25.4 Å². The fraction of sp³-hybridized carbons (Fsp3) is 0.438. The minimum atomic E-state index is -1.00. The molecule has 130 valence electrons. The molecule has 0 saturated carbocycles. The van der Waals surface area contributed by atoms with E-state index >= 15 is 0 Å². The second kappa shape index (κ2) is 9.82. The first-order valence-electron chi connectivity index (χ1n) is 7.99. The van der Waals surface area contributed by atoms with Crippen LogP contribution in [0.15, 0.2) is 46.5 Å². The lowest BCUT2D eigenvalue weighted by Crippen LogP contribution is -2.40. The highest BCUT2D eigenvalue weighted by Gasteiger charge is 2.04. The van der Waals surface area contributed by atoms with Gasteiger partial charge in [-0.3, -0.25) is 9.20 Å². The van der Waals surface area contributed by atoms with Crippen LogP contribution in [0.1, 0.15) is 12.7 Å². The van der Waals surface area contributed by atoms with Crippen LogP contribution in [0, 0.1) is 0 Å². The van der Waals surface area contributed by atoms with E-state index in [0.29, 0.717) is 24.8 Å². The van der Waals surface area contributed by atoms with Crippen LogP contribution >= 0.6 is 0 Å². The summed E-state index contributed by atoms with van der Waals surface area (Å²) in [7, 11) is 0.720. The van der Waals surface area contributed by atoms with E-state index in [1.807, 2.05) is 34.9 Å². The predicted octanol–water partition coefficient (Wildman–Crippen LogP) is 0.813. The first kappa shape index (κ1) is 18.1. The van der Waals surface area contributed by atoms with Gasteiger partial charge in [0.1, 0.15) is 12.2 Å². The van der Waals surface area contributed by atoms with Crippen LogP contribution in [-0.4, -0.2) is 50.8 Å². The van der Waals surface area contributed by atoms with E-state index in [4.69, 9.17) is 0 Å². The largest absolute Gasteiger partial charge is 0.355 e. The van der Waals surface area contributed by atoms with Gasteiger partial charge in [-0.15, -0.1) is 10.2 Å². The van der Waals surface area contributed by atoms with Gasteiger partial charge in [-0.1, -0.05) is 25.1 Å². The number of aliphatic imine (C=N–C) groups is 1. The Balaban J connectivity index is 1.70. The summed E-state index contributed by atoms with van der Waals surface area (Å²) in [6.07, 6.45) is 2.60. The Morgan fingerprint density at radius 3 is 2.71 bits per heavy atom. The summed E-state index contributed by atoms with van der Waals surface area (Å²) in [4.78, 5) is 5.02. The molecule has 0 aliphatic carbocycles. The first-order valence-corrected chi connectivity index (χ1v) is 9.31. The number of benzene rings is 1. The molecule has 0 saturated heterocycles. The zero-order valence-corrected chi connectivity index (χ0v) is 14.9. The molecule has 2 N–H and O–H groups in total. The molecule has 2 rings (SSSR count). The van der Waals surface area contributed by atoms with E-state index < -0.39 is 10.8 Å². The van der Waals surface area contributed by atoms with Crippen LogP contribution in [-0.2, 0) is 23.8 Å². The van der Waals surface area contributed by atoms with Crippen molar-refractivity contribution in [3.63, 3.8) is 0 Å². The molecule has 0 spiro atoms. The van der Waals surface area contributed by atoms with E-state index in [1.54, 1.807) is 13.4 Å². The summed E-state index contributed by atoms with van der Waals surface area (Å²) in [5.41, 5.74) is 0. The van der Waals surface area contributed by atoms with Gasteiger partial charge in [0, 0.05) is 43.8 Å². The summed E-state index contributed by atoms with van der Waals surface area (Å²) in [6, 6.07) is 9.49. The summed E-state index contributed by atoms with van der Waals surface area (Å²) in [6.45, 7) is 4.13. The standard InChI is InChI=1S/C16H24N6OS/c1-3-15-21-20-13-22(15)11-9-18-16(17-2)19-10-12-24(23)14-7-5-4-6-8-14/h4-8,13H,3,9-12H2,1-2H3,(H2,17,18,19). The highest BCUT2D eigenvalue weighted by atomic mass is 32.2. The van der Waals surface area contributed by atoms with Crippen LogP contribution in [0.25, 0.3) is 0 Å². The molecule has 0 bridgehead atoms. The van der Waals surface area contributed by atoms with Crippen LogP contribution in [0.4, 0.5) is 0 Å². The van der Waals surface area contributed by atoms with Crippen molar-refractivity contribution in [1.29, 1.82) is 0 Å². The van der Waals surface area contributed by atoms with Gasteiger partial charge in [0.25, 0.3) is 0 Å². The molecule has 1 heterocycles. The van der Waals surface area contributed by atoms with Crippen molar-refractivity contribution in [3.05, 3.63) is 42.5 Å². The predicted molar refractivity (Wildman–Crippen MR) is 96.5 cm³/mol. The number of hydrogen-bond acceptors (Lipinski definition) is 4. The highest BCUT2D eigenvalue weighted by Crippen LogP contribution is 2.04. The van der Waals surface area contributed by atoms with E-state index in [9.17, 15) is 4.21 Å². The van der Waals surface area contributed by atoms with Crippen LogP contribution < -0.4 is 10.6 Å². The third-order valence-electron chi connectivity index (χ3n) is 3.47. The molecule has 1 aromatic heterocycles. The van der Waals surface area contributed by atoms with Crippen LogP contribution in [0.5, 0.6) is 0 Å².